The van der Waals surface area contributed by atoms with E-state index in [0.717, 1.165) is 37.4 Å². The molecule has 1 fully saturated rings. The van der Waals surface area contributed by atoms with Crippen molar-refractivity contribution in [2.45, 2.75) is 18.9 Å². The van der Waals surface area contributed by atoms with Crippen molar-refractivity contribution in [3.63, 3.8) is 0 Å². The second-order valence-electron chi connectivity index (χ2n) is 4.47. The molecular weight excluding hydrogens is 230 g/mol. The molecule has 18 heavy (non-hydrogen) atoms. The number of rotatable bonds is 4. The van der Waals surface area contributed by atoms with Crippen molar-refractivity contribution in [3.8, 4) is 5.75 Å². The molecule has 1 amide bonds. The molecule has 0 saturated carbocycles. The average Bonchev–Trinajstić information content (AvgIpc) is 2.39. The number of methoxy groups -OCH3 is 1. The zero-order valence-electron chi connectivity index (χ0n) is 10.5. The molecule has 0 bridgehead atoms. The first kappa shape index (κ1) is 12.7. The number of carbonyl (C=O) groups is 1. The predicted molar refractivity (Wildman–Crippen MR) is 71.0 cm³/mol. The Labute approximate surface area is 107 Å². The fraction of sp³-hybridized carbons (Fsp3) is 0.462. The standard InChI is InChI=1S/C13H19N3O2/c1-18-12-5-4-9(13(14)17)7-11(12)16-10-3-2-6-15-8-10/h4-5,7,10,15-16H,2-3,6,8H2,1H3,(H2,14,17). The minimum atomic E-state index is -0.428. The first-order chi connectivity index (χ1) is 8.70. The minimum Gasteiger partial charge on any atom is -0.495 e. The van der Waals surface area contributed by atoms with Gasteiger partial charge in [-0.3, -0.25) is 4.79 Å². The average molecular weight is 249 g/mol. The highest BCUT2D eigenvalue weighted by atomic mass is 16.5. The van der Waals surface area contributed by atoms with Gasteiger partial charge in [0.15, 0.2) is 0 Å². The van der Waals surface area contributed by atoms with Gasteiger partial charge in [0.1, 0.15) is 5.75 Å². The van der Waals surface area contributed by atoms with E-state index in [0.29, 0.717) is 11.6 Å². The summed E-state index contributed by atoms with van der Waals surface area (Å²) in [5.41, 5.74) is 6.60. The Bertz CT molecular complexity index is 428. The van der Waals surface area contributed by atoms with Crippen LogP contribution in [0.15, 0.2) is 18.2 Å². The van der Waals surface area contributed by atoms with E-state index in [4.69, 9.17) is 10.5 Å². The van der Waals surface area contributed by atoms with Crippen LogP contribution < -0.4 is 21.1 Å². The Hall–Kier alpha value is -1.75. The summed E-state index contributed by atoms with van der Waals surface area (Å²) >= 11 is 0. The smallest absolute Gasteiger partial charge is 0.248 e. The van der Waals surface area contributed by atoms with E-state index in [9.17, 15) is 4.79 Å². The molecule has 4 N–H and O–H groups in total. The van der Waals surface area contributed by atoms with Crippen LogP contribution in [-0.4, -0.2) is 32.1 Å². The number of primary amides is 1. The van der Waals surface area contributed by atoms with Gasteiger partial charge in [0, 0.05) is 18.2 Å². The second kappa shape index (κ2) is 5.73. The van der Waals surface area contributed by atoms with Crippen molar-refractivity contribution in [1.82, 2.24) is 5.32 Å². The Balaban J connectivity index is 2.17. The van der Waals surface area contributed by atoms with E-state index in [1.807, 2.05) is 0 Å². The van der Waals surface area contributed by atoms with E-state index in [1.165, 1.54) is 0 Å². The number of anilines is 1. The summed E-state index contributed by atoms with van der Waals surface area (Å²) in [5.74, 6) is 0.299. The molecule has 5 heteroatoms. The number of carbonyl (C=O) groups excluding carboxylic acids is 1. The van der Waals surface area contributed by atoms with Crippen LogP contribution in [0.2, 0.25) is 0 Å². The summed E-state index contributed by atoms with van der Waals surface area (Å²) in [6.07, 6.45) is 2.26. The van der Waals surface area contributed by atoms with Crippen molar-refractivity contribution in [2.24, 2.45) is 5.73 Å². The molecule has 0 aromatic heterocycles. The van der Waals surface area contributed by atoms with E-state index >= 15 is 0 Å². The highest BCUT2D eigenvalue weighted by Crippen LogP contribution is 2.26. The summed E-state index contributed by atoms with van der Waals surface area (Å²) in [5, 5.41) is 6.74. The quantitative estimate of drug-likeness (QED) is 0.743. The number of nitrogens with two attached hydrogens (primary N) is 1. The van der Waals surface area contributed by atoms with Gasteiger partial charge in [-0.15, -0.1) is 0 Å². The minimum absolute atomic E-state index is 0.357. The number of amides is 1. The van der Waals surface area contributed by atoms with Gasteiger partial charge in [0.25, 0.3) is 0 Å². The highest BCUT2D eigenvalue weighted by molar-refractivity contribution is 5.94. The molecule has 1 aliphatic heterocycles. The maximum absolute atomic E-state index is 11.2. The van der Waals surface area contributed by atoms with E-state index in [-0.39, 0.29) is 0 Å². The molecule has 1 heterocycles. The second-order valence-corrected chi connectivity index (χ2v) is 4.47. The lowest BCUT2D eigenvalue weighted by atomic mass is 10.1. The van der Waals surface area contributed by atoms with Gasteiger partial charge in [-0.25, -0.2) is 0 Å². The largest absolute Gasteiger partial charge is 0.495 e. The Morgan fingerprint density at radius 2 is 2.39 bits per heavy atom. The van der Waals surface area contributed by atoms with Gasteiger partial charge in [0.05, 0.1) is 12.8 Å². The van der Waals surface area contributed by atoms with Gasteiger partial charge in [-0.2, -0.15) is 0 Å². The summed E-state index contributed by atoms with van der Waals surface area (Å²) in [6.45, 7) is 1.99. The van der Waals surface area contributed by atoms with E-state index < -0.39 is 5.91 Å². The lowest BCUT2D eigenvalue weighted by Crippen LogP contribution is -2.38. The van der Waals surface area contributed by atoms with E-state index in [2.05, 4.69) is 10.6 Å². The Kier molecular flexibility index (Phi) is 4.04. The molecule has 0 radical (unpaired) electrons. The Morgan fingerprint density at radius 3 is 3.00 bits per heavy atom. The number of hydrogen-bond donors (Lipinski definition) is 3. The van der Waals surface area contributed by atoms with Crippen LogP contribution in [0.25, 0.3) is 0 Å². The molecule has 0 aliphatic carbocycles. The topological polar surface area (TPSA) is 76.4 Å². The van der Waals surface area contributed by atoms with Crippen molar-refractivity contribution in [3.05, 3.63) is 23.8 Å². The van der Waals surface area contributed by atoms with E-state index in [1.54, 1.807) is 25.3 Å². The van der Waals surface area contributed by atoms with Crippen molar-refractivity contribution >= 4 is 11.6 Å². The molecular formula is C13H19N3O2. The first-order valence-electron chi connectivity index (χ1n) is 6.16. The summed E-state index contributed by atoms with van der Waals surface area (Å²) in [4.78, 5) is 11.2. The summed E-state index contributed by atoms with van der Waals surface area (Å²) in [7, 11) is 1.61. The summed E-state index contributed by atoms with van der Waals surface area (Å²) < 4.78 is 5.29. The molecule has 1 aromatic carbocycles. The predicted octanol–water partition coefficient (Wildman–Crippen LogP) is 0.958. The third-order valence-electron chi connectivity index (χ3n) is 3.14. The number of piperidine rings is 1. The third-order valence-corrected chi connectivity index (χ3v) is 3.14. The lowest BCUT2D eigenvalue weighted by molar-refractivity contribution is 0.100. The normalized spacial score (nSPS) is 19.3. The molecule has 98 valence electrons. The van der Waals surface area contributed by atoms with Crippen molar-refractivity contribution in [2.75, 3.05) is 25.5 Å². The first-order valence-corrected chi connectivity index (χ1v) is 6.16. The fourth-order valence-corrected chi connectivity index (χ4v) is 2.17. The third kappa shape index (κ3) is 2.92. The molecule has 1 saturated heterocycles. The highest BCUT2D eigenvalue weighted by Gasteiger charge is 2.15. The zero-order chi connectivity index (χ0) is 13.0. The summed E-state index contributed by atoms with van der Waals surface area (Å²) in [6, 6.07) is 5.54. The number of benzene rings is 1. The fourth-order valence-electron chi connectivity index (χ4n) is 2.17. The van der Waals surface area contributed by atoms with Gasteiger partial charge in [-0.05, 0) is 37.6 Å². The van der Waals surface area contributed by atoms with Crippen LogP contribution in [0.5, 0.6) is 5.75 Å². The molecule has 1 unspecified atom stereocenters. The maximum atomic E-state index is 11.2. The van der Waals surface area contributed by atoms with Crippen molar-refractivity contribution in [1.29, 1.82) is 0 Å². The molecule has 1 atom stereocenters. The van der Waals surface area contributed by atoms with Gasteiger partial charge >= 0.3 is 0 Å². The molecule has 1 aromatic rings. The van der Waals surface area contributed by atoms with Crippen LogP contribution in [0, 0.1) is 0 Å². The molecule has 2 rings (SSSR count). The Morgan fingerprint density at radius 1 is 1.56 bits per heavy atom. The maximum Gasteiger partial charge on any atom is 0.248 e. The molecule has 1 aliphatic rings. The lowest BCUT2D eigenvalue weighted by Gasteiger charge is -2.25. The zero-order valence-corrected chi connectivity index (χ0v) is 10.5. The number of ether oxygens (including phenoxy) is 1. The van der Waals surface area contributed by atoms with Crippen LogP contribution in [0.1, 0.15) is 23.2 Å². The van der Waals surface area contributed by atoms with Gasteiger partial charge in [0.2, 0.25) is 5.91 Å². The number of nitrogens with one attached hydrogen (secondary N) is 2. The monoisotopic (exact) mass is 249 g/mol. The van der Waals surface area contributed by atoms with Crippen molar-refractivity contribution < 1.29 is 9.53 Å². The SMILES string of the molecule is COc1ccc(C(N)=O)cc1NC1CCCNC1. The van der Waals surface area contributed by atoms with Gasteiger partial charge in [-0.1, -0.05) is 0 Å². The molecule has 0 spiro atoms. The van der Waals surface area contributed by atoms with Crippen LogP contribution in [0.4, 0.5) is 5.69 Å². The molecule has 5 nitrogen and oxygen atoms in total. The van der Waals surface area contributed by atoms with Crippen LogP contribution >= 0.6 is 0 Å². The number of hydrogen-bond acceptors (Lipinski definition) is 4. The van der Waals surface area contributed by atoms with Crippen LogP contribution in [-0.2, 0) is 0 Å². The van der Waals surface area contributed by atoms with Crippen LogP contribution in [0.3, 0.4) is 0 Å². The van der Waals surface area contributed by atoms with Gasteiger partial charge < -0.3 is 21.1 Å².